The Bertz CT molecular complexity index is 440. The van der Waals surface area contributed by atoms with E-state index in [-0.39, 0.29) is 17.6 Å². The molecule has 19 heavy (non-hydrogen) atoms. The molecular weight excluding hydrogens is 240 g/mol. The maximum atomic E-state index is 9.97. The largest absolute Gasteiger partial charge is 0.508 e. The van der Waals surface area contributed by atoms with Crippen molar-refractivity contribution in [1.29, 1.82) is 0 Å². The molecule has 0 aromatic heterocycles. The van der Waals surface area contributed by atoms with Crippen LogP contribution in [-0.4, -0.2) is 16.3 Å². The third kappa shape index (κ3) is 2.96. The van der Waals surface area contributed by atoms with Gasteiger partial charge in [-0.05, 0) is 19.3 Å². The number of benzene rings is 1. The monoisotopic (exact) mass is 264 g/mol. The average molecular weight is 264 g/mol. The molecule has 3 nitrogen and oxygen atoms in total. The van der Waals surface area contributed by atoms with E-state index in [0.717, 1.165) is 43.2 Å². The molecule has 0 bridgehead atoms. The van der Waals surface area contributed by atoms with Crippen LogP contribution in [0, 0.1) is 0 Å². The SMILES string of the molecule is CCCCCC1Cc2c(CCC)c(O)cc(O)c2O1. The van der Waals surface area contributed by atoms with Crippen LogP contribution in [0.4, 0.5) is 0 Å². The summed E-state index contributed by atoms with van der Waals surface area (Å²) in [6, 6.07) is 1.41. The molecule has 1 aromatic carbocycles. The number of ether oxygens (including phenoxy) is 1. The molecule has 1 aliphatic heterocycles. The van der Waals surface area contributed by atoms with Gasteiger partial charge in [-0.3, -0.25) is 0 Å². The second kappa shape index (κ2) is 6.18. The quantitative estimate of drug-likeness (QED) is 0.765. The van der Waals surface area contributed by atoms with Gasteiger partial charge in [-0.2, -0.15) is 0 Å². The van der Waals surface area contributed by atoms with E-state index in [1.165, 1.54) is 18.9 Å². The fourth-order valence-corrected chi connectivity index (χ4v) is 2.82. The average Bonchev–Trinajstić information content (AvgIpc) is 2.79. The minimum absolute atomic E-state index is 0.0744. The summed E-state index contributed by atoms with van der Waals surface area (Å²) in [6.07, 6.45) is 7.38. The van der Waals surface area contributed by atoms with Crippen LogP contribution < -0.4 is 4.74 Å². The van der Waals surface area contributed by atoms with Crippen LogP contribution in [0.2, 0.25) is 0 Å². The smallest absolute Gasteiger partial charge is 0.165 e. The number of phenols is 2. The van der Waals surface area contributed by atoms with Crippen molar-refractivity contribution in [3.63, 3.8) is 0 Å². The Kier molecular flexibility index (Phi) is 4.56. The Hall–Kier alpha value is -1.38. The highest BCUT2D eigenvalue weighted by Crippen LogP contribution is 2.44. The maximum Gasteiger partial charge on any atom is 0.165 e. The van der Waals surface area contributed by atoms with Crippen LogP contribution in [-0.2, 0) is 12.8 Å². The number of hydrogen-bond acceptors (Lipinski definition) is 3. The lowest BCUT2D eigenvalue weighted by atomic mass is 9.96. The molecule has 0 radical (unpaired) electrons. The van der Waals surface area contributed by atoms with Gasteiger partial charge in [0, 0.05) is 23.6 Å². The number of rotatable bonds is 6. The normalized spacial score (nSPS) is 17.3. The van der Waals surface area contributed by atoms with Gasteiger partial charge in [0.1, 0.15) is 11.9 Å². The summed E-state index contributed by atoms with van der Waals surface area (Å²) in [5, 5.41) is 19.9. The highest BCUT2D eigenvalue weighted by Gasteiger charge is 2.29. The predicted molar refractivity (Wildman–Crippen MR) is 76.0 cm³/mol. The Morgan fingerprint density at radius 3 is 2.63 bits per heavy atom. The van der Waals surface area contributed by atoms with Crippen LogP contribution in [0.3, 0.4) is 0 Å². The Balaban J connectivity index is 2.16. The summed E-state index contributed by atoms with van der Waals surface area (Å²) in [6.45, 7) is 4.28. The fraction of sp³-hybridized carbons (Fsp3) is 0.625. The van der Waals surface area contributed by atoms with Gasteiger partial charge in [0.15, 0.2) is 11.5 Å². The van der Waals surface area contributed by atoms with Gasteiger partial charge in [0.2, 0.25) is 0 Å². The van der Waals surface area contributed by atoms with Crippen molar-refractivity contribution in [2.75, 3.05) is 0 Å². The first-order valence-corrected chi connectivity index (χ1v) is 7.40. The van der Waals surface area contributed by atoms with E-state index in [1.807, 2.05) is 0 Å². The predicted octanol–water partition coefficient (Wildman–Crippen LogP) is 3.93. The third-order valence-electron chi connectivity index (χ3n) is 3.80. The van der Waals surface area contributed by atoms with Crippen LogP contribution in [0.5, 0.6) is 17.2 Å². The zero-order valence-electron chi connectivity index (χ0n) is 11.9. The van der Waals surface area contributed by atoms with Gasteiger partial charge in [-0.25, -0.2) is 0 Å². The summed E-state index contributed by atoms with van der Waals surface area (Å²) < 4.78 is 5.87. The number of phenolic OH excluding ortho intramolecular Hbond substituents is 2. The minimum Gasteiger partial charge on any atom is -0.508 e. The molecule has 106 valence electrons. The molecule has 0 aliphatic carbocycles. The fourth-order valence-electron chi connectivity index (χ4n) is 2.82. The summed E-state index contributed by atoms with van der Waals surface area (Å²) in [5.41, 5.74) is 1.97. The van der Waals surface area contributed by atoms with Crippen molar-refractivity contribution in [2.24, 2.45) is 0 Å². The maximum absolute atomic E-state index is 9.97. The van der Waals surface area contributed by atoms with E-state index in [2.05, 4.69) is 13.8 Å². The molecule has 0 amide bonds. The minimum atomic E-state index is 0.0744. The summed E-state index contributed by atoms with van der Waals surface area (Å²) in [4.78, 5) is 0. The first-order chi connectivity index (χ1) is 9.17. The molecule has 0 saturated heterocycles. The summed E-state index contributed by atoms with van der Waals surface area (Å²) in [7, 11) is 0. The molecule has 1 aromatic rings. The third-order valence-corrected chi connectivity index (χ3v) is 3.80. The highest BCUT2D eigenvalue weighted by molar-refractivity contribution is 5.58. The van der Waals surface area contributed by atoms with Crippen molar-refractivity contribution >= 4 is 0 Å². The second-order valence-electron chi connectivity index (χ2n) is 5.39. The summed E-state index contributed by atoms with van der Waals surface area (Å²) >= 11 is 0. The van der Waals surface area contributed by atoms with Crippen LogP contribution >= 0.6 is 0 Å². The zero-order chi connectivity index (χ0) is 13.8. The van der Waals surface area contributed by atoms with E-state index < -0.39 is 0 Å². The lowest BCUT2D eigenvalue weighted by Crippen LogP contribution is -2.12. The molecule has 1 heterocycles. The first kappa shape index (κ1) is 14.0. The molecule has 1 aliphatic rings. The number of hydrogen-bond donors (Lipinski definition) is 2. The van der Waals surface area contributed by atoms with Gasteiger partial charge >= 0.3 is 0 Å². The topological polar surface area (TPSA) is 49.7 Å². The lowest BCUT2D eigenvalue weighted by molar-refractivity contribution is 0.210. The van der Waals surface area contributed by atoms with Crippen molar-refractivity contribution in [1.82, 2.24) is 0 Å². The number of fused-ring (bicyclic) bond motifs is 1. The van der Waals surface area contributed by atoms with E-state index in [0.29, 0.717) is 5.75 Å². The van der Waals surface area contributed by atoms with Crippen LogP contribution in [0.25, 0.3) is 0 Å². The van der Waals surface area contributed by atoms with Gasteiger partial charge < -0.3 is 14.9 Å². The molecular formula is C16H24O3. The van der Waals surface area contributed by atoms with Gasteiger partial charge in [-0.15, -0.1) is 0 Å². The van der Waals surface area contributed by atoms with E-state index in [1.54, 1.807) is 0 Å². The molecule has 3 heteroatoms. The number of unbranched alkanes of at least 4 members (excludes halogenated alkanes) is 2. The Labute approximate surface area is 115 Å². The lowest BCUT2D eigenvalue weighted by Gasteiger charge is -2.11. The van der Waals surface area contributed by atoms with Crippen LogP contribution in [0.1, 0.15) is 57.1 Å². The highest BCUT2D eigenvalue weighted by atomic mass is 16.5. The Morgan fingerprint density at radius 1 is 1.16 bits per heavy atom. The van der Waals surface area contributed by atoms with Gasteiger partial charge in [0.05, 0.1) is 0 Å². The molecule has 1 atom stereocenters. The van der Waals surface area contributed by atoms with Crippen molar-refractivity contribution < 1.29 is 14.9 Å². The Morgan fingerprint density at radius 2 is 1.95 bits per heavy atom. The molecule has 2 N–H and O–H groups in total. The van der Waals surface area contributed by atoms with Crippen molar-refractivity contribution in [3.8, 4) is 17.2 Å². The van der Waals surface area contributed by atoms with Gasteiger partial charge in [0.25, 0.3) is 0 Å². The number of aromatic hydroxyl groups is 2. The second-order valence-corrected chi connectivity index (χ2v) is 5.39. The summed E-state index contributed by atoms with van der Waals surface area (Å²) in [5.74, 6) is 0.879. The van der Waals surface area contributed by atoms with Crippen molar-refractivity contribution in [2.45, 2.75) is 64.9 Å². The van der Waals surface area contributed by atoms with Crippen molar-refractivity contribution in [3.05, 3.63) is 17.2 Å². The molecule has 0 spiro atoms. The zero-order valence-corrected chi connectivity index (χ0v) is 11.9. The van der Waals surface area contributed by atoms with E-state index >= 15 is 0 Å². The van der Waals surface area contributed by atoms with Crippen LogP contribution in [0.15, 0.2) is 6.07 Å². The van der Waals surface area contributed by atoms with E-state index in [9.17, 15) is 10.2 Å². The first-order valence-electron chi connectivity index (χ1n) is 7.40. The standard InChI is InChI=1S/C16H24O3/c1-3-5-6-8-11-9-13-12(7-4-2)14(17)10-15(18)16(13)19-11/h10-11,17-18H,3-9H2,1-2H3. The molecule has 2 rings (SSSR count). The van der Waals surface area contributed by atoms with E-state index in [4.69, 9.17) is 4.74 Å². The molecule has 0 saturated carbocycles. The van der Waals surface area contributed by atoms with Gasteiger partial charge in [-0.1, -0.05) is 33.1 Å². The molecule has 0 fully saturated rings. The molecule has 1 unspecified atom stereocenters.